The number of hydrogen-bond acceptors (Lipinski definition) is 7. The molecule has 8 nitrogen and oxygen atoms in total. The van der Waals surface area contributed by atoms with Crippen molar-refractivity contribution < 1.29 is 17.6 Å². The number of nitrogens with one attached hydrogen (secondary N) is 2. The summed E-state index contributed by atoms with van der Waals surface area (Å²) >= 11 is 5.89. The van der Waals surface area contributed by atoms with Crippen LogP contribution in [0.4, 0.5) is 21.6 Å². The highest BCUT2D eigenvalue weighted by Gasteiger charge is 2.28. The number of piperidine rings is 1. The van der Waals surface area contributed by atoms with Gasteiger partial charge in [-0.25, -0.2) is 22.8 Å². The Morgan fingerprint density at radius 1 is 1.14 bits per heavy atom. The lowest BCUT2D eigenvalue weighted by Crippen LogP contribution is -2.47. The van der Waals surface area contributed by atoms with Crippen LogP contribution in [0.2, 0.25) is 5.02 Å². The van der Waals surface area contributed by atoms with E-state index in [0.29, 0.717) is 53.9 Å². The van der Waals surface area contributed by atoms with Gasteiger partial charge in [0.2, 0.25) is 10.0 Å². The van der Waals surface area contributed by atoms with Crippen LogP contribution in [0.5, 0.6) is 0 Å². The molecule has 2 N–H and O–H groups in total. The molecule has 0 aliphatic carbocycles. The van der Waals surface area contributed by atoms with Crippen molar-refractivity contribution in [3.8, 4) is 11.8 Å². The smallest absolute Gasteiger partial charge is 0.229 e. The first kappa shape index (κ1) is 25.8. The fourth-order valence-electron chi connectivity index (χ4n) is 3.92. The normalized spacial score (nSPS) is 14.9. The lowest BCUT2D eigenvalue weighted by atomic mass is 9.98. The van der Waals surface area contributed by atoms with E-state index in [1.54, 1.807) is 12.1 Å². The molecular weight excluding hydrogens is 505 g/mol. The topological polar surface area (TPSA) is 104 Å². The monoisotopic (exact) mass is 529 g/mol. The van der Waals surface area contributed by atoms with Crippen molar-refractivity contribution >= 4 is 55.5 Å². The lowest BCUT2D eigenvalue weighted by Gasteiger charge is -2.36. The number of carbonyl (C=O) groups excluding carboxylic acids is 1. The van der Waals surface area contributed by atoms with E-state index in [0.717, 1.165) is 6.26 Å². The highest BCUT2D eigenvalue weighted by molar-refractivity contribution is 7.92. The highest BCUT2D eigenvalue weighted by Crippen LogP contribution is 2.30. The molecule has 1 aliphatic rings. The number of nitrogens with zero attached hydrogens (tertiary/aromatic N) is 3. The maximum absolute atomic E-state index is 13.6. The van der Waals surface area contributed by atoms with E-state index < -0.39 is 21.4 Å². The number of hydrogen-bond donors (Lipinski definition) is 2. The number of benzene rings is 2. The second-order valence-corrected chi connectivity index (χ2v) is 11.3. The van der Waals surface area contributed by atoms with Crippen molar-refractivity contribution in [2.75, 3.05) is 29.4 Å². The number of carbonyl (C=O) groups is 1. The van der Waals surface area contributed by atoms with Gasteiger partial charge in [0.15, 0.2) is 0 Å². The first-order valence-corrected chi connectivity index (χ1v) is 13.5. The van der Waals surface area contributed by atoms with Gasteiger partial charge in [0.05, 0.1) is 33.6 Å². The van der Waals surface area contributed by atoms with E-state index >= 15 is 0 Å². The molecule has 0 amide bonds. The standard InChI is InChI=1S/C25H25ClFN5O3S/c1-25(2,32-10-7-18(33)8-11-32)9-6-16-12-23-19(14-22(16)31-36(3,34)35)24(29-15-28-23)30-17-4-5-21(27)20(26)13-17/h4-5,12-15,31H,7-8,10-11H2,1-3H3,(H,28,29,30). The quantitative estimate of drug-likeness (QED) is 0.474. The number of sulfonamides is 1. The van der Waals surface area contributed by atoms with E-state index in [4.69, 9.17) is 11.6 Å². The Bertz CT molecular complexity index is 1510. The van der Waals surface area contributed by atoms with Gasteiger partial charge in [-0.2, -0.15) is 0 Å². The molecule has 2 heterocycles. The van der Waals surface area contributed by atoms with E-state index in [9.17, 15) is 17.6 Å². The first-order valence-electron chi connectivity index (χ1n) is 11.2. The van der Waals surface area contributed by atoms with Crippen molar-refractivity contribution in [2.24, 2.45) is 0 Å². The van der Waals surface area contributed by atoms with Crippen LogP contribution in [-0.4, -0.2) is 54.0 Å². The van der Waals surface area contributed by atoms with Gasteiger partial charge in [-0.1, -0.05) is 23.4 Å². The third-order valence-corrected chi connectivity index (χ3v) is 6.75. The van der Waals surface area contributed by atoms with Gasteiger partial charge in [-0.3, -0.25) is 14.4 Å². The zero-order valence-corrected chi connectivity index (χ0v) is 21.6. The molecule has 11 heteroatoms. The molecule has 36 heavy (non-hydrogen) atoms. The molecule has 3 aromatic rings. The summed E-state index contributed by atoms with van der Waals surface area (Å²) in [5.74, 6) is 6.44. The Balaban J connectivity index is 1.75. The second-order valence-electron chi connectivity index (χ2n) is 9.10. The Kier molecular flexibility index (Phi) is 7.18. The molecule has 1 aromatic heterocycles. The van der Waals surface area contributed by atoms with Crippen molar-refractivity contribution in [3.63, 3.8) is 0 Å². The van der Waals surface area contributed by atoms with Crippen LogP contribution in [0.3, 0.4) is 0 Å². The fourth-order valence-corrected chi connectivity index (χ4v) is 4.66. The Morgan fingerprint density at radius 3 is 2.53 bits per heavy atom. The molecule has 1 saturated heterocycles. The summed E-state index contributed by atoms with van der Waals surface area (Å²) in [5, 5.41) is 3.56. The number of fused-ring (bicyclic) bond motifs is 1. The maximum atomic E-state index is 13.6. The number of halogens is 2. The van der Waals surface area contributed by atoms with Gasteiger partial charge in [0.25, 0.3) is 0 Å². The third-order valence-electron chi connectivity index (χ3n) is 5.87. The van der Waals surface area contributed by atoms with Gasteiger partial charge in [0.1, 0.15) is 23.7 Å². The van der Waals surface area contributed by atoms with Gasteiger partial charge >= 0.3 is 0 Å². The molecular formula is C25H25ClFN5O3S. The summed E-state index contributed by atoms with van der Waals surface area (Å²) in [6.45, 7) is 5.20. The zero-order chi connectivity index (χ0) is 26.1. The zero-order valence-electron chi connectivity index (χ0n) is 20.0. The fraction of sp³-hybridized carbons (Fsp3) is 0.320. The van der Waals surface area contributed by atoms with Crippen LogP contribution in [0.15, 0.2) is 36.7 Å². The van der Waals surface area contributed by atoms with E-state index in [1.165, 1.54) is 24.5 Å². The second kappa shape index (κ2) is 10.0. The van der Waals surface area contributed by atoms with Crippen molar-refractivity contribution in [3.05, 3.63) is 53.1 Å². The van der Waals surface area contributed by atoms with Crippen LogP contribution in [0.25, 0.3) is 10.9 Å². The SMILES string of the molecule is CC(C)(C#Cc1cc2ncnc(Nc3ccc(F)c(Cl)c3)c2cc1NS(C)(=O)=O)N1CCC(=O)CC1. The minimum absolute atomic E-state index is 0.0453. The number of ketones is 1. The van der Waals surface area contributed by atoms with E-state index in [1.807, 2.05) is 13.8 Å². The summed E-state index contributed by atoms with van der Waals surface area (Å²) in [5.41, 5.74) is 1.23. The third kappa shape index (κ3) is 6.10. The summed E-state index contributed by atoms with van der Waals surface area (Å²) in [6, 6.07) is 7.48. The van der Waals surface area contributed by atoms with Crippen LogP contribution < -0.4 is 10.0 Å². The summed E-state index contributed by atoms with van der Waals surface area (Å²) < 4.78 is 40.3. The molecule has 0 radical (unpaired) electrons. The number of rotatable bonds is 5. The predicted octanol–water partition coefficient (Wildman–Crippen LogP) is 4.33. The summed E-state index contributed by atoms with van der Waals surface area (Å²) in [4.78, 5) is 22.4. The van der Waals surface area contributed by atoms with Gasteiger partial charge in [-0.15, -0.1) is 0 Å². The van der Waals surface area contributed by atoms with Crippen molar-refractivity contribution in [2.45, 2.75) is 32.2 Å². The molecule has 0 bridgehead atoms. The van der Waals surface area contributed by atoms with Crippen LogP contribution in [0, 0.1) is 17.7 Å². The van der Waals surface area contributed by atoms with Gasteiger partial charge in [-0.05, 0) is 44.2 Å². The largest absolute Gasteiger partial charge is 0.340 e. The molecule has 0 spiro atoms. The minimum atomic E-state index is -3.62. The molecule has 2 aromatic carbocycles. The molecule has 188 valence electrons. The molecule has 0 saturated carbocycles. The molecule has 4 rings (SSSR count). The number of likely N-dealkylation sites (tertiary alicyclic amines) is 1. The number of aromatic nitrogens is 2. The number of Topliss-reactive ketones (excluding diaryl/α,β-unsaturated/α-hetero) is 1. The van der Waals surface area contributed by atoms with Crippen molar-refractivity contribution in [1.29, 1.82) is 0 Å². The summed E-state index contributed by atoms with van der Waals surface area (Å²) in [7, 11) is -3.62. The Morgan fingerprint density at radius 2 is 1.86 bits per heavy atom. The van der Waals surface area contributed by atoms with E-state index in [-0.39, 0.29) is 16.5 Å². The van der Waals surface area contributed by atoms with Gasteiger partial charge in [0, 0.05) is 37.0 Å². The highest BCUT2D eigenvalue weighted by atomic mass is 35.5. The maximum Gasteiger partial charge on any atom is 0.229 e. The number of anilines is 3. The van der Waals surface area contributed by atoms with Crippen LogP contribution in [-0.2, 0) is 14.8 Å². The summed E-state index contributed by atoms with van der Waals surface area (Å²) in [6.07, 6.45) is 3.41. The minimum Gasteiger partial charge on any atom is -0.340 e. The van der Waals surface area contributed by atoms with Crippen LogP contribution >= 0.6 is 11.6 Å². The molecule has 1 fully saturated rings. The van der Waals surface area contributed by atoms with Gasteiger partial charge < -0.3 is 5.32 Å². The van der Waals surface area contributed by atoms with Crippen molar-refractivity contribution in [1.82, 2.24) is 14.9 Å². The average molecular weight is 530 g/mol. The van der Waals surface area contributed by atoms with E-state index in [2.05, 4.69) is 36.7 Å². The Labute approximate surface area is 214 Å². The molecule has 0 unspecified atom stereocenters. The van der Waals surface area contributed by atoms with Crippen LogP contribution in [0.1, 0.15) is 32.3 Å². The predicted molar refractivity (Wildman–Crippen MR) is 139 cm³/mol. The Hall–Kier alpha value is -3.26. The average Bonchev–Trinajstić information content (AvgIpc) is 2.80. The lowest BCUT2D eigenvalue weighted by molar-refractivity contribution is -0.122. The molecule has 1 aliphatic heterocycles. The molecule has 0 atom stereocenters. The first-order chi connectivity index (χ1) is 16.9.